The molecule has 0 aromatic carbocycles. The molecule has 7 heteroatoms. The Morgan fingerprint density at radius 3 is 3.05 bits per heavy atom. The number of rotatable bonds is 4. The highest BCUT2D eigenvalue weighted by Crippen LogP contribution is 2.25. The number of aryl methyl sites for hydroxylation is 1. The Balaban J connectivity index is 2.00. The summed E-state index contributed by atoms with van der Waals surface area (Å²) in [6.45, 7) is 0.543. The van der Waals surface area contributed by atoms with Gasteiger partial charge in [0.25, 0.3) is 5.91 Å². The predicted octanol–water partition coefficient (Wildman–Crippen LogP) is 1.01. The second kappa shape index (κ2) is 4.69. The number of H-pyrrole nitrogens is 1. The zero-order valence-corrected chi connectivity index (χ0v) is 10.9. The highest BCUT2D eigenvalue weighted by atomic mass is 16.1. The van der Waals surface area contributed by atoms with Crippen molar-refractivity contribution in [3.63, 3.8) is 0 Å². The number of hydrogen-bond acceptors (Lipinski definition) is 4. The van der Waals surface area contributed by atoms with Gasteiger partial charge >= 0.3 is 0 Å². The minimum Gasteiger partial charge on any atom is -0.378 e. The van der Waals surface area contributed by atoms with E-state index < -0.39 is 5.91 Å². The second-order valence-corrected chi connectivity index (χ2v) is 4.45. The number of anilines is 1. The Morgan fingerprint density at radius 2 is 2.35 bits per heavy atom. The summed E-state index contributed by atoms with van der Waals surface area (Å²) >= 11 is 0. The summed E-state index contributed by atoms with van der Waals surface area (Å²) in [5, 5.41) is 8.19. The van der Waals surface area contributed by atoms with Crippen LogP contribution in [0.1, 0.15) is 16.1 Å². The fourth-order valence-corrected chi connectivity index (χ4v) is 2.14. The lowest BCUT2D eigenvalue weighted by atomic mass is 10.1. The van der Waals surface area contributed by atoms with Gasteiger partial charge in [0.05, 0.1) is 23.5 Å². The van der Waals surface area contributed by atoms with Gasteiger partial charge in [0.15, 0.2) is 0 Å². The fraction of sp³-hybridized carbons (Fsp3) is 0.154. The summed E-state index contributed by atoms with van der Waals surface area (Å²) in [6, 6.07) is 3.77. The maximum atomic E-state index is 11.5. The second-order valence-electron chi connectivity index (χ2n) is 4.45. The number of carbonyl (C=O) groups is 1. The molecule has 0 unspecified atom stereocenters. The molecule has 0 aliphatic carbocycles. The van der Waals surface area contributed by atoms with E-state index in [2.05, 4.69) is 20.4 Å². The van der Waals surface area contributed by atoms with E-state index in [9.17, 15) is 4.79 Å². The van der Waals surface area contributed by atoms with Gasteiger partial charge in [-0.3, -0.25) is 9.48 Å². The van der Waals surface area contributed by atoms with Crippen LogP contribution in [0.15, 0.2) is 30.7 Å². The van der Waals surface area contributed by atoms with Crippen molar-refractivity contribution in [1.82, 2.24) is 19.7 Å². The van der Waals surface area contributed by atoms with Crippen molar-refractivity contribution >= 4 is 22.6 Å². The maximum Gasteiger partial charge on any atom is 0.252 e. The predicted molar refractivity (Wildman–Crippen MR) is 75.1 cm³/mol. The van der Waals surface area contributed by atoms with Gasteiger partial charge in [-0.15, -0.1) is 0 Å². The van der Waals surface area contributed by atoms with Crippen molar-refractivity contribution in [1.29, 1.82) is 0 Å². The van der Waals surface area contributed by atoms with E-state index in [0.717, 1.165) is 11.1 Å². The average molecular weight is 270 g/mol. The number of pyridine rings is 1. The number of nitrogens with two attached hydrogens (primary N) is 1. The molecule has 0 aliphatic rings. The Labute approximate surface area is 114 Å². The highest BCUT2D eigenvalue weighted by molar-refractivity contribution is 6.05. The third-order valence-electron chi connectivity index (χ3n) is 3.22. The quantitative estimate of drug-likeness (QED) is 0.658. The van der Waals surface area contributed by atoms with Crippen LogP contribution in [0.2, 0.25) is 0 Å². The molecule has 0 saturated heterocycles. The van der Waals surface area contributed by atoms with Crippen LogP contribution >= 0.6 is 0 Å². The van der Waals surface area contributed by atoms with Crippen molar-refractivity contribution < 1.29 is 4.79 Å². The molecular weight excluding hydrogens is 256 g/mol. The van der Waals surface area contributed by atoms with Gasteiger partial charge in [-0.2, -0.15) is 5.10 Å². The Bertz CT molecular complexity index is 772. The van der Waals surface area contributed by atoms with Crippen molar-refractivity contribution in [3.8, 4) is 0 Å². The minimum absolute atomic E-state index is 0.374. The van der Waals surface area contributed by atoms with Crippen LogP contribution in [0.4, 0.5) is 5.69 Å². The molecule has 0 fully saturated rings. The summed E-state index contributed by atoms with van der Waals surface area (Å²) in [7, 11) is 1.87. The van der Waals surface area contributed by atoms with Gasteiger partial charge in [0.2, 0.25) is 0 Å². The van der Waals surface area contributed by atoms with Crippen LogP contribution in [0.3, 0.4) is 0 Å². The summed E-state index contributed by atoms with van der Waals surface area (Å²) in [4.78, 5) is 18.7. The van der Waals surface area contributed by atoms with Gasteiger partial charge in [-0.1, -0.05) is 0 Å². The normalized spacial score (nSPS) is 10.8. The molecule has 3 rings (SSSR count). The first-order chi connectivity index (χ1) is 9.66. The molecule has 3 aromatic heterocycles. The topological polar surface area (TPSA) is 102 Å². The highest BCUT2D eigenvalue weighted by Gasteiger charge is 2.14. The molecule has 3 aromatic rings. The SMILES string of the molecule is Cn1nccc1CNc1c(C(N)=O)cnc2[nH]ccc12. The monoisotopic (exact) mass is 270 g/mol. The number of nitrogens with zero attached hydrogens (tertiary/aromatic N) is 3. The van der Waals surface area contributed by atoms with Crippen molar-refractivity contribution in [3.05, 3.63) is 42.0 Å². The van der Waals surface area contributed by atoms with Crippen LogP contribution < -0.4 is 11.1 Å². The maximum absolute atomic E-state index is 11.5. The van der Waals surface area contributed by atoms with Crippen LogP contribution in [-0.4, -0.2) is 25.7 Å². The summed E-state index contributed by atoms with van der Waals surface area (Å²) in [5.41, 5.74) is 8.18. The van der Waals surface area contributed by atoms with E-state index >= 15 is 0 Å². The summed E-state index contributed by atoms with van der Waals surface area (Å²) in [6.07, 6.45) is 4.98. The molecule has 0 saturated carbocycles. The number of aromatic amines is 1. The van der Waals surface area contributed by atoms with Crippen LogP contribution in [0, 0.1) is 0 Å². The molecule has 0 spiro atoms. The molecule has 3 heterocycles. The number of primary amides is 1. The van der Waals surface area contributed by atoms with Crippen molar-refractivity contribution in [2.75, 3.05) is 5.32 Å². The standard InChI is InChI=1S/C13H14N6O/c1-19-8(2-5-18-19)6-16-11-9-3-4-15-13(9)17-7-10(11)12(14)20/h2-5,7H,6H2,1H3,(H2,14,20)(H2,15,16,17). The third-order valence-corrected chi connectivity index (χ3v) is 3.22. The number of carbonyl (C=O) groups excluding carboxylic acids is 1. The lowest BCUT2D eigenvalue weighted by Crippen LogP contribution is -2.15. The van der Waals surface area contributed by atoms with Crippen LogP contribution in [-0.2, 0) is 13.6 Å². The smallest absolute Gasteiger partial charge is 0.252 e. The number of hydrogen-bond donors (Lipinski definition) is 3. The van der Waals surface area contributed by atoms with Gasteiger partial charge in [-0.05, 0) is 12.1 Å². The molecule has 0 aliphatic heterocycles. The zero-order valence-electron chi connectivity index (χ0n) is 10.9. The minimum atomic E-state index is -0.506. The van der Waals surface area contributed by atoms with E-state index in [1.54, 1.807) is 17.1 Å². The average Bonchev–Trinajstić information content (AvgIpc) is 3.04. The van der Waals surface area contributed by atoms with Gasteiger partial charge < -0.3 is 16.0 Å². The number of amides is 1. The molecule has 7 nitrogen and oxygen atoms in total. The molecule has 0 radical (unpaired) electrons. The first-order valence-electron chi connectivity index (χ1n) is 6.13. The molecule has 4 N–H and O–H groups in total. The Kier molecular flexibility index (Phi) is 2.86. The van der Waals surface area contributed by atoms with Gasteiger partial charge in [0, 0.05) is 31.0 Å². The fourth-order valence-electron chi connectivity index (χ4n) is 2.14. The lowest BCUT2D eigenvalue weighted by Gasteiger charge is -2.11. The molecule has 0 bridgehead atoms. The van der Waals surface area contributed by atoms with Crippen LogP contribution in [0.5, 0.6) is 0 Å². The first kappa shape index (κ1) is 12.2. The molecule has 20 heavy (non-hydrogen) atoms. The number of aromatic nitrogens is 4. The third kappa shape index (κ3) is 1.99. The van der Waals surface area contributed by atoms with Crippen LogP contribution in [0.25, 0.3) is 11.0 Å². The van der Waals surface area contributed by atoms with E-state index in [4.69, 9.17) is 5.73 Å². The first-order valence-corrected chi connectivity index (χ1v) is 6.13. The van der Waals surface area contributed by atoms with E-state index in [1.807, 2.05) is 19.2 Å². The Hall–Kier alpha value is -2.83. The van der Waals surface area contributed by atoms with E-state index in [1.165, 1.54) is 6.20 Å². The molecule has 1 amide bonds. The lowest BCUT2D eigenvalue weighted by molar-refractivity contribution is 0.100. The van der Waals surface area contributed by atoms with Crippen molar-refractivity contribution in [2.24, 2.45) is 12.8 Å². The summed E-state index contributed by atoms with van der Waals surface area (Å²) in [5.74, 6) is -0.506. The zero-order chi connectivity index (χ0) is 14.1. The molecule has 102 valence electrons. The van der Waals surface area contributed by atoms with Gasteiger partial charge in [-0.25, -0.2) is 4.98 Å². The number of nitrogens with one attached hydrogen (secondary N) is 2. The van der Waals surface area contributed by atoms with E-state index in [0.29, 0.717) is 23.4 Å². The molecule has 0 atom stereocenters. The largest absolute Gasteiger partial charge is 0.378 e. The van der Waals surface area contributed by atoms with Gasteiger partial charge in [0.1, 0.15) is 5.65 Å². The van der Waals surface area contributed by atoms with Crippen molar-refractivity contribution in [2.45, 2.75) is 6.54 Å². The summed E-state index contributed by atoms with van der Waals surface area (Å²) < 4.78 is 1.77. The Morgan fingerprint density at radius 1 is 1.50 bits per heavy atom. The van der Waals surface area contributed by atoms with E-state index in [-0.39, 0.29) is 0 Å². The number of fused-ring (bicyclic) bond motifs is 1. The molecular formula is C13H14N6O.